The predicted molar refractivity (Wildman–Crippen MR) is 149 cm³/mol. The minimum Gasteiger partial charge on any atom is -0.325 e. The molecular formula is C28H21ClN6OS. The van der Waals surface area contributed by atoms with Gasteiger partial charge in [-0.2, -0.15) is 5.10 Å². The number of rotatable bonds is 5. The number of nitrogens with one attached hydrogen (secondary N) is 1. The quantitative estimate of drug-likeness (QED) is 0.205. The van der Waals surface area contributed by atoms with Crippen molar-refractivity contribution in [2.24, 2.45) is 0 Å². The summed E-state index contributed by atoms with van der Waals surface area (Å²) >= 11 is 7.43. The summed E-state index contributed by atoms with van der Waals surface area (Å²) in [5.74, 6) is 0.0763. The zero-order chi connectivity index (χ0) is 25.5. The molecule has 0 saturated heterocycles. The van der Waals surface area contributed by atoms with Crippen LogP contribution in [0.15, 0.2) is 78.0 Å². The molecule has 0 aliphatic rings. The van der Waals surface area contributed by atoms with E-state index in [9.17, 15) is 4.79 Å². The van der Waals surface area contributed by atoms with E-state index in [1.165, 1.54) is 11.8 Å². The average molecular weight is 525 g/mol. The lowest BCUT2D eigenvalue weighted by Crippen LogP contribution is -2.14. The molecule has 3 heterocycles. The third kappa shape index (κ3) is 4.61. The highest BCUT2D eigenvalue weighted by Crippen LogP contribution is 2.32. The Kier molecular flexibility index (Phi) is 5.98. The van der Waals surface area contributed by atoms with Crippen molar-refractivity contribution in [2.75, 3.05) is 11.1 Å². The number of imidazole rings is 1. The van der Waals surface area contributed by atoms with E-state index in [0.29, 0.717) is 15.9 Å². The maximum absolute atomic E-state index is 12.6. The van der Waals surface area contributed by atoms with Crippen LogP contribution in [0.25, 0.3) is 38.7 Å². The zero-order valence-electron chi connectivity index (χ0n) is 20.1. The molecule has 1 N–H and O–H groups in total. The van der Waals surface area contributed by atoms with E-state index < -0.39 is 0 Å². The molecule has 0 radical (unpaired) electrons. The van der Waals surface area contributed by atoms with Gasteiger partial charge in [0.1, 0.15) is 0 Å². The third-order valence-electron chi connectivity index (χ3n) is 5.95. The van der Waals surface area contributed by atoms with E-state index in [-0.39, 0.29) is 11.7 Å². The van der Waals surface area contributed by atoms with Crippen molar-refractivity contribution >= 4 is 62.4 Å². The van der Waals surface area contributed by atoms with Crippen molar-refractivity contribution in [2.45, 2.75) is 19.0 Å². The number of nitrogens with zero attached hydrogens (tertiary/aromatic N) is 5. The Hall–Kier alpha value is -4.01. The highest BCUT2D eigenvalue weighted by atomic mass is 35.5. The minimum absolute atomic E-state index is 0.135. The van der Waals surface area contributed by atoms with Crippen molar-refractivity contribution in [3.8, 4) is 11.3 Å². The number of hydrogen-bond donors (Lipinski definition) is 1. The van der Waals surface area contributed by atoms with Gasteiger partial charge in [-0.25, -0.2) is 19.5 Å². The van der Waals surface area contributed by atoms with Crippen molar-refractivity contribution in [1.82, 2.24) is 24.6 Å². The molecule has 6 aromatic rings. The van der Waals surface area contributed by atoms with Crippen molar-refractivity contribution < 1.29 is 4.79 Å². The molecule has 182 valence electrons. The summed E-state index contributed by atoms with van der Waals surface area (Å²) in [6, 6.07) is 23.3. The summed E-state index contributed by atoms with van der Waals surface area (Å²) < 4.78 is 1.86. The van der Waals surface area contributed by atoms with E-state index in [1.54, 1.807) is 0 Å². The van der Waals surface area contributed by atoms with Crippen LogP contribution in [0.1, 0.15) is 11.4 Å². The summed E-state index contributed by atoms with van der Waals surface area (Å²) in [6.45, 7) is 3.83. The fourth-order valence-corrected chi connectivity index (χ4v) is 5.24. The van der Waals surface area contributed by atoms with Crippen LogP contribution >= 0.6 is 23.4 Å². The van der Waals surface area contributed by atoms with E-state index in [2.05, 4.69) is 15.3 Å². The molecular weight excluding hydrogens is 504 g/mol. The Bertz CT molecular complexity index is 1800. The lowest BCUT2D eigenvalue weighted by atomic mass is 10.1. The van der Waals surface area contributed by atoms with Gasteiger partial charge in [0.2, 0.25) is 5.91 Å². The Morgan fingerprint density at radius 3 is 2.41 bits per heavy atom. The zero-order valence-corrected chi connectivity index (χ0v) is 21.6. The topological polar surface area (TPSA) is 85.1 Å². The highest BCUT2D eigenvalue weighted by molar-refractivity contribution is 7.99. The number of aryl methyl sites for hydroxylation is 2. The van der Waals surface area contributed by atoms with E-state index in [1.807, 2.05) is 91.2 Å². The van der Waals surface area contributed by atoms with E-state index >= 15 is 0 Å². The van der Waals surface area contributed by atoms with Gasteiger partial charge >= 0.3 is 0 Å². The number of hydrogen-bond acceptors (Lipinski definition) is 6. The molecule has 0 spiro atoms. The normalized spacial score (nSPS) is 11.4. The van der Waals surface area contributed by atoms with Crippen LogP contribution in [-0.2, 0) is 4.79 Å². The number of anilines is 1. The van der Waals surface area contributed by atoms with Crippen molar-refractivity contribution in [3.63, 3.8) is 0 Å². The first kappa shape index (κ1) is 23.4. The third-order valence-corrected chi connectivity index (χ3v) is 7.05. The van der Waals surface area contributed by atoms with E-state index in [4.69, 9.17) is 21.7 Å². The molecule has 3 aromatic carbocycles. The predicted octanol–water partition coefficient (Wildman–Crippen LogP) is 6.49. The summed E-state index contributed by atoms with van der Waals surface area (Å²) in [5, 5.41) is 11.2. The molecule has 1 amide bonds. The summed E-state index contributed by atoms with van der Waals surface area (Å²) in [4.78, 5) is 26.3. The first-order chi connectivity index (χ1) is 17.9. The molecule has 0 bridgehead atoms. The molecule has 37 heavy (non-hydrogen) atoms. The second-order valence-corrected chi connectivity index (χ2v) is 10.1. The van der Waals surface area contributed by atoms with Gasteiger partial charge < -0.3 is 5.32 Å². The largest absolute Gasteiger partial charge is 0.325 e. The summed E-state index contributed by atoms with van der Waals surface area (Å²) in [5.41, 5.74) is 6.61. The van der Waals surface area contributed by atoms with Crippen LogP contribution in [0, 0.1) is 13.8 Å². The molecule has 7 nitrogen and oxygen atoms in total. The number of benzene rings is 3. The number of thioether (sulfide) groups is 1. The van der Waals surface area contributed by atoms with Gasteiger partial charge in [0.05, 0.1) is 22.5 Å². The van der Waals surface area contributed by atoms with Crippen LogP contribution in [-0.4, -0.2) is 36.2 Å². The number of aromatic nitrogens is 5. The van der Waals surface area contributed by atoms with Crippen LogP contribution in [0.2, 0.25) is 5.02 Å². The number of carbonyl (C=O) groups is 1. The number of carbonyl (C=O) groups excluding carboxylic acids is 1. The van der Waals surface area contributed by atoms with Crippen LogP contribution in [0.3, 0.4) is 0 Å². The van der Waals surface area contributed by atoms with Gasteiger partial charge in [-0.15, -0.1) is 0 Å². The Labute approximate surface area is 221 Å². The fourth-order valence-electron chi connectivity index (χ4n) is 4.37. The second kappa shape index (κ2) is 9.46. The second-order valence-electron chi connectivity index (χ2n) is 8.72. The number of halogens is 1. The monoisotopic (exact) mass is 524 g/mol. The molecule has 0 fully saturated rings. The molecule has 0 unspecified atom stereocenters. The van der Waals surface area contributed by atoms with Gasteiger partial charge in [0, 0.05) is 38.4 Å². The first-order valence-corrected chi connectivity index (χ1v) is 13.0. The maximum atomic E-state index is 12.6. The van der Waals surface area contributed by atoms with Crippen molar-refractivity contribution in [1.29, 1.82) is 0 Å². The standard InChI is InChI=1S/C28H21ClN6OS/c1-16-13-17(2)31-28(30-16)37-15-25(36)32-20-11-12-24-23(14-20)33-27-22-6-4-3-5-21(22)26(34-35(24)27)18-7-9-19(29)10-8-18/h3-14H,15H2,1-2H3,(H,32,36). The molecule has 9 heteroatoms. The van der Waals surface area contributed by atoms with Gasteiger partial charge in [-0.3, -0.25) is 4.79 Å². The van der Waals surface area contributed by atoms with Crippen LogP contribution < -0.4 is 5.32 Å². The lowest BCUT2D eigenvalue weighted by Gasteiger charge is -2.08. The van der Waals surface area contributed by atoms with Crippen LogP contribution in [0.5, 0.6) is 0 Å². The molecule has 0 aliphatic heterocycles. The van der Waals surface area contributed by atoms with E-state index in [0.717, 1.165) is 50.1 Å². The molecule has 0 aliphatic carbocycles. The Morgan fingerprint density at radius 2 is 1.65 bits per heavy atom. The van der Waals surface area contributed by atoms with Gasteiger partial charge in [-0.05, 0) is 50.2 Å². The Morgan fingerprint density at radius 1 is 0.919 bits per heavy atom. The molecule has 6 rings (SSSR count). The lowest BCUT2D eigenvalue weighted by molar-refractivity contribution is -0.113. The van der Waals surface area contributed by atoms with Crippen molar-refractivity contribution in [3.05, 3.63) is 89.2 Å². The minimum atomic E-state index is -0.135. The maximum Gasteiger partial charge on any atom is 0.234 e. The van der Waals surface area contributed by atoms with Gasteiger partial charge in [0.25, 0.3) is 0 Å². The smallest absolute Gasteiger partial charge is 0.234 e. The highest BCUT2D eigenvalue weighted by Gasteiger charge is 2.15. The SMILES string of the molecule is Cc1cc(C)nc(SCC(=O)Nc2ccc3c(c2)nc2c4ccccc4c(-c4ccc(Cl)cc4)nn32)n1. The number of amides is 1. The number of fused-ring (bicyclic) bond motifs is 5. The first-order valence-electron chi connectivity index (χ1n) is 11.7. The van der Waals surface area contributed by atoms with Gasteiger partial charge in [0.15, 0.2) is 10.8 Å². The fraction of sp³-hybridized carbons (Fsp3) is 0.107. The summed E-state index contributed by atoms with van der Waals surface area (Å²) in [6.07, 6.45) is 0. The summed E-state index contributed by atoms with van der Waals surface area (Å²) in [7, 11) is 0. The Balaban J connectivity index is 1.34. The molecule has 0 saturated carbocycles. The molecule has 3 aromatic heterocycles. The molecule has 0 atom stereocenters. The van der Waals surface area contributed by atoms with Crippen LogP contribution in [0.4, 0.5) is 5.69 Å². The van der Waals surface area contributed by atoms with Gasteiger partial charge in [-0.1, -0.05) is 59.8 Å². The average Bonchev–Trinajstić information content (AvgIpc) is 3.25.